The maximum Gasteiger partial charge on any atom is 0.365 e. The van der Waals surface area contributed by atoms with Crippen LogP contribution in [0.3, 0.4) is 0 Å². The van der Waals surface area contributed by atoms with Gasteiger partial charge in [0, 0.05) is 55.6 Å². The average Bonchev–Trinajstić information content (AvgIpc) is 3.41. The molecule has 0 unspecified atom stereocenters. The van der Waals surface area contributed by atoms with Gasteiger partial charge in [-0.3, -0.25) is 5.41 Å². The number of hydrogen-bond acceptors (Lipinski definition) is 6. The molecule has 31 heavy (non-hydrogen) atoms. The number of cyclic esters (lactones) is 1. The van der Waals surface area contributed by atoms with E-state index >= 15 is 0 Å². The van der Waals surface area contributed by atoms with Crippen molar-refractivity contribution in [2.24, 2.45) is 4.99 Å². The predicted octanol–water partition coefficient (Wildman–Crippen LogP) is 2.43. The van der Waals surface area contributed by atoms with Crippen LogP contribution < -0.4 is 10.1 Å². The van der Waals surface area contributed by atoms with Crippen molar-refractivity contribution in [1.29, 1.82) is 5.41 Å². The number of para-hydroxylation sites is 1. The zero-order valence-electron chi connectivity index (χ0n) is 17.0. The number of benzene rings is 2. The number of aliphatic imine (C=N–C) groups is 1. The van der Waals surface area contributed by atoms with Crippen molar-refractivity contribution in [3.8, 4) is 5.75 Å². The number of rotatable bonds is 3. The Kier molecular flexibility index (Phi) is 5.03. The topological polar surface area (TPSA) is 90.2 Å². The number of guanidine groups is 1. The number of fused-ring (bicyclic) bond motifs is 1. The van der Waals surface area contributed by atoms with Crippen LogP contribution in [0, 0.1) is 5.41 Å². The molecule has 0 spiro atoms. The monoisotopic (exact) mass is 417 g/mol. The smallest absolute Gasteiger partial charge is 0.365 e. The second-order valence-corrected chi connectivity index (χ2v) is 7.56. The summed E-state index contributed by atoms with van der Waals surface area (Å²) in [4.78, 5) is 20.9. The molecule has 0 saturated carbocycles. The van der Waals surface area contributed by atoms with Crippen LogP contribution in [0.15, 0.2) is 65.4 Å². The minimum atomic E-state index is -0.438. The molecule has 158 valence electrons. The number of hydrogen-bond donors (Lipinski definition) is 2. The molecule has 1 fully saturated rings. The summed E-state index contributed by atoms with van der Waals surface area (Å²) in [5.74, 6) is 1.11. The van der Waals surface area contributed by atoms with Crippen molar-refractivity contribution in [2.75, 3.05) is 38.1 Å². The standard InChI is InChI=1S/C23H23N5O3/c24-23(25-16-5-2-1-3-6-16)28-12-10-27(11-13-28)15-19-22(29)31-21(26-19)18-7-4-8-20-17(18)9-14-30-20/h1-8,15H,9-14H2,(H2,24,25)/b19-15+. The molecule has 1 saturated heterocycles. The molecule has 8 nitrogen and oxygen atoms in total. The molecule has 0 amide bonds. The zero-order valence-corrected chi connectivity index (χ0v) is 17.0. The lowest BCUT2D eigenvalue weighted by molar-refractivity contribution is -0.130. The molecule has 2 aromatic rings. The first-order valence-corrected chi connectivity index (χ1v) is 10.3. The summed E-state index contributed by atoms with van der Waals surface area (Å²) in [5.41, 5.74) is 3.05. The van der Waals surface area contributed by atoms with E-state index in [0.717, 1.165) is 29.0 Å². The van der Waals surface area contributed by atoms with E-state index in [1.807, 2.05) is 58.3 Å². The first kappa shape index (κ1) is 19.2. The van der Waals surface area contributed by atoms with Crippen LogP contribution in [0.4, 0.5) is 5.69 Å². The highest BCUT2D eigenvalue weighted by atomic mass is 16.6. The predicted molar refractivity (Wildman–Crippen MR) is 117 cm³/mol. The van der Waals surface area contributed by atoms with E-state index in [4.69, 9.17) is 14.9 Å². The van der Waals surface area contributed by atoms with Crippen LogP contribution in [0.2, 0.25) is 0 Å². The number of ether oxygens (including phenoxy) is 2. The number of carbonyl (C=O) groups is 1. The summed E-state index contributed by atoms with van der Waals surface area (Å²) in [5, 5.41) is 11.4. The van der Waals surface area contributed by atoms with E-state index in [1.165, 1.54) is 0 Å². The lowest BCUT2D eigenvalue weighted by Gasteiger charge is -2.35. The first-order chi connectivity index (χ1) is 15.2. The van der Waals surface area contributed by atoms with Gasteiger partial charge in [-0.05, 0) is 24.3 Å². The molecular weight excluding hydrogens is 394 g/mol. The summed E-state index contributed by atoms with van der Waals surface area (Å²) in [6.07, 6.45) is 2.55. The van der Waals surface area contributed by atoms with Gasteiger partial charge in [-0.1, -0.05) is 24.3 Å². The minimum absolute atomic E-state index is 0.303. The average molecular weight is 417 g/mol. The van der Waals surface area contributed by atoms with Crippen LogP contribution in [0.25, 0.3) is 0 Å². The SMILES string of the molecule is N=C(Nc1ccccc1)N1CCN(/C=C2/N=C(c3cccc4c3CCO4)OC2=O)CC1. The fourth-order valence-electron chi connectivity index (χ4n) is 3.92. The first-order valence-electron chi connectivity index (χ1n) is 10.3. The third kappa shape index (κ3) is 3.96. The van der Waals surface area contributed by atoms with Gasteiger partial charge in [-0.15, -0.1) is 0 Å². The fourth-order valence-corrected chi connectivity index (χ4v) is 3.92. The number of piperazine rings is 1. The van der Waals surface area contributed by atoms with Crippen molar-refractivity contribution < 1.29 is 14.3 Å². The van der Waals surface area contributed by atoms with E-state index in [2.05, 4.69) is 10.3 Å². The van der Waals surface area contributed by atoms with Gasteiger partial charge < -0.3 is 24.6 Å². The Balaban J connectivity index is 1.23. The fraction of sp³-hybridized carbons (Fsp3) is 0.261. The molecule has 8 heteroatoms. The Hall–Kier alpha value is -3.81. The van der Waals surface area contributed by atoms with Crippen LogP contribution >= 0.6 is 0 Å². The third-order valence-electron chi connectivity index (χ3n) is 5.57. The quantitative estimate of drug-likeness (QED) is 0.345. The van der Waals surface area contributed by atoms with Gasteiger partial charge in [0.25, 0.3) is 0 Å². The molecule has 0 radical (unpaired) electrons. The van der Waals surface area contributed by atoms with Crippen LogP contribution in [-0.4, -0.2) is 60.4 Å². The van der Waals surface area contributed by atoms with Gasteiger partial charge in [0.2, 0.25) is 5.90 Å². The van der Waals surface area contributed by atoms with Crippen LogP contribution in [0.5, 0.6) is 5.75 Å². The third-order valence-corrected chi connectivity index (χ3v) is 5.57. The second-order valence-electron chi connectivity index (χ2n) is 7.56. The van der Waals surface area contributed by atoms with Gasteiger partial charge in [-0.2, -0.15) is 0 Å². The van der Waals surface area contributed by atoms with Crippen LogP contribution in [-0.2, 0) is 16.0 Å². The Morgan fingerprint density at radius 1 is 1.06 bits per heavy atom. The molecule has 0 atom stereocenters. The lowest BCUT2D eigenvalue weighted by Crippen LogP contribution is -2.48. The Labute approximate surface area is 180 Å². The molecule has 2 aromatic carbocycles. The maximum atomic E-state index is 12.4. The van der Waals surface area contributed by atoms with Crippen molar-refractivity contribution in [2.45, 2.75) is 6.42 Å². The maximum absolute atomic E-state index is 12.4. The molecule has 3 heterocycles. The highest BCUT2D eigenvalue weighted by Gasteiger charge is 2.29. The zero-order chi connectivity index (χ0) is 21.2. The van der Waals surface area contributed by atoms with E-state index in [0.29, 0.717) is 50.3 Å². The second kappa shape index (κ2) is 8.14. The Bertz CT molecular complexity index is 1070. The molecule has 3 aliphatic heterocycles. The minimum Gasteiger partial charge on any atom is -0.493 e. The van der Waals surface area contributed by atoms with E-state index in [9.17, 15) is 4.79 Å². The molecule has 0 bridgehead atoms. The molecule has 0 aromatic heterocycles. The van der Waals surface area contributed by atoms with Gasteiger partial charge in [0.15, 0.2) is 11.7 Å². The van der Waals surface area contributed by atoms with Crippen molar-refractivity contribution in [1.82, 2.24) is 9.80 Å². The summed E-state index contributed by atoms with van der Waals surface area (Å²) in [7, 11) is 0. The number of nitrogens with one attached hydrogen (secondary N) is 2. The summed E-state index contributed by atoms with van der Waals surface area (Å²) >= 11 is 0. The molecule has 2 N–H and O–H groups in total. The number of esters is 1. The Morgan fingerprint density at radius 3 is 2.68 bits per heavy atom. The van der Waals surface area contributed by atoms with Crippen molar-refractivity contribution in [3.05, 3.63) is 71.6 Å². The molecule has 5 rings (SSSR count). The Morgan fingerprint density at radius 2 is 1.87 bits per heavy atom. The summed E-state index contributed by atoms with van der Waals surface area (Å²) in [6.45, 7) is 3.37. The van der Waals surface area contributed by atoms with Crippen LogP contribution in [0.1, 0.15) is 11.1 Å². The van der Waals surface area contributed by atoms with Crippen molar-refractivity contribution in [3.63, 3.8) is 0 Å². The van der Waals surface area contributed by atoms with Gasteiger partial charge >= 0.3 is 5.97 Å². The molecular formula is C23H23N5O3. The summed E-state index contributed by atoms with van der Waals surface area (Å²) in [6, 6.07) is 15.4. The van der Waals surface area contributed by atoms with Gasteiger partial charge in [-0.25, -0.2) is 9.79 Å². The number of anilines is 1. The van der Waals surface area contributed by atoms with Crippen molar-refractivity contribution >= 4 is 23.5 Å². The number of nitrogens with zero attached hydrogens (tertiary/aromatic N) is 3. The lowest BCUT2D eigenvalue weighted by atomic mass is 10.1. The summed E-state index contributed by atoms with van der Waals surface area (Å²) < 4.78 is 11.1. The highest BCUT2D eigenvalue weighted by molar-refractivity contribution is 6.11. The van der Waals surface area contributed by atoms with Gasteiger partial charge in [0.05, 0.1) is 6.61 Å². The largest absolute Gasteiger partial charge is 0.493 e. The van der Waals surface area contributed by atoms with Gasteiger partial charge in [0.1, 0.15) is 5.75 Å². The van der Waals surface area contributed by atoms with E-state index in [-0.39, 0.29) is 0 Å². The molecule has 0 aliphatic carbocycles. The van der Waals surface area contributed by atoms with E-state index in [1.54, 1.807) is 6.20 Å². The normalized spacial score (nSPS) is 19.0. The highest BCUT2D eigenvalue weighted by Crippen LogP contribution is 2.30. The number of carbonyl (C=O) groups excluding carboxylic acids is 1. The van der Waals surface area contributed by atoms with E-state index < -0.39 is 5.97 Å². The molecule has 3 aliphatic rings.